The Balaban J connectivity index is 1.40. The topological polar surface area (TPSA) is 45.2 Å². The first-order valence-electron chi connectivity index (χ1n) is 8.82. The van der Waals surface area contributed by atoms with Gasteiger partial charge in [0.1, 0.15) is 24.2 Å². The fraction of sp³-hybridized carbons (Fsp3) is 0.400. The van der Waals surface area contributed by atoms with Gasteiger partial charge in [-0.1, -0.05) is 15.9 Å². The molecular weight excluding hydrogens is 396 g/mol. The highest BCUT2D eigenvalue weighted by molar-refractivity contribution is 9.10. The minimum atomic E-state index is -0.494. The Kier molecular flexibility index (Phi) is 6.77. The van der Waals surface area contributed by atoms with Gasteiger partial charge in [0.05, 0.1) is 7.11 Å². The summed E-state index contributed by atoms with van der Waals surface area (Å²) in [6.07, 6.45) is -0.494. The van der Waals surface area contributed by atoms with E-state index in [2.05, 4.69) is 37.9 Å². The molecule has 5 nitrogen and oxygen atoms in total. The van der Waals surface area contributed by atoms with Gasteiger partial charge in [-0.3, -0.25) is 4.90 Å². The van der Waals surface area contributed by atoms with Gasteiger partial charge in [0.15, 0.2) is 0 Å². The molecule has 26 heavy (non-hydrogen) atoms. The predicted molar refractivity (Wildman–Crippen MR) is 107 cm³/mol. The lowest BCUT2D eigenvalue weighted by atomic mass is 10.2. The number of piperazine rings is 1. The van der Waals surface area contributed by atoms with Gasteiger partial charge in [0.2, 0.25) is 0 Å². The number of anilines is 1. The zero-order chi connectivity index (χ0) is 18.4. The second-order valence-corrected chi connectivity index (χ2v) is 7.32. The second kappa shape index (κ2) is 9.26. The van der Waals surface area contributed by atoms with Crippen molar-refractivity contribution in [3.05, 3.63) is 53.0 Å². The smallest absolute Gasteiger partial charge is 0.119 e. The quantitative estimate of drug-likeness (QED) is 0.745. The number of hydrogen-bond donors (Lipinski definition) is 1. The monoisotopic (exact) mass is 420 g/mol. The third-order valence-corrected chi connectivity index (χ3v) is 5.06. The maximum atomic E-state index is 10.3. The van der Waals surface area contributed by atoms with Gasteiger partial charge in [-0.15, -0.1) is 0 Å². The molecule has 0 bridgehead atoms. The highest BCUT2D eigenvalue weighted by atomic mass is 79.9. The molecule has 1 atom stereocenters. The Morgan fingerprint density at radius 2 is 1.58 bits per heavy atom. The van der Waals surface area contributed by atoms with Gasteiger partial charge in [-0.05, 0) is 48.5 Å². The molecule has 1 aliphatic rings. The van der Waals surface area contributed by atoms with Crippen LogP contribution in [0.5, 0.6) is 11.5 Å². The van der Waals surface area contributed by atoms with Crippen LogP contribution in [0.25, 0.3) is 0 Å². The Morgan fingerprint density at radius 3 is 2.19 bits per heavy atom. The van der Waals surface area contributed by atoms with Crippen LogP contribution in [-0.4, -0.2) is 62.6 Å². The van der Waals surface area contributed by atoms with Crippen molar-refractivity contribution in [2.24, 2.45) is 0 Å². The van der Waals surface area contributed by atoms with E-state index in [1.54, 1.807) is 7.11 Å². The lowest BCUT2D eigenvalue weighted by Crippen LogP contribution is -2.49. The van der Waals surface area contributed by atoms with E-state index in [-0.39, 0.29) is 0 Å². The number of methoxy groups -OCH3 is 1. The zero-order valence-electron chi connectivity index (χ0n) is 15.0. The Labute approximate surface area is 163 Å². The summed E-state index contributed by atoms with van der Waals surface area (Å²) in [4.78, 5) is 4.65. The van der Waals surface area contributed by atoms with Crippen molar-refractivity contribution in [3.63, 3.8) is 0 Å². The molecule has 0 amide bonds. The third kappa shape index (κ3) is 5.37. The molecular formula is C20H25BrN2O3. The summed E-state index contributed by atoms with van der Waals surface area (Å²) >= 11 is 3.40. The van der Waals surface area contributed by atoms with Gasteiger partial charge >= 0.3 is 0 Å². The fourth-order valence-electron chi connectivity index (χ4n) is 3.06. The summed E-state index contributed by atoms with van der Waals surface area (Å²) in [5, 5.41) is 10.3. The first-order chi connectivity index (χ1) is 12.6. The van der Waals surface area contributed by atoms with E-state index in [1.165, 1.54) is 5.69 Å². The molecule has 0 unspecified atom stereocenters. The number of aliphatic hydroxyl groups excluding tert-OH is 1. The van der Waals surface area contributed by atoms with Gasteiger partial charge < -0.3 is 19.5 Å². The van der Waals surface area contributed by atoms with Gasteiger partial charge in [0, 0.05) is 42.9 Å². The third-order valence-electron chi connectivity index (χ3n) is 4.53. The number of ether oxygens (including phenoxy) is 2. The van der Waals surface area contributed by atoms with E-state index in [4.69, 9.17) is 9.47 Å². The lowest BCUT2D eigenvalue weighted by Gasteiger charge is -2.36. The summed E-state index contributed by atoms with van der Waals surface area (Å²) in [7, 11) is 1.68. The van der Waals surface area contributed by atoms with Crippen LogP contribution in [0.1, 0.15) is 0 Å². The molecule has 1 heterocycles. The molecule has 0 saturated carbocycles. The molecule has 0 aromatic heterocycles. The van der Waals surface area contributed by atoms with E-state index in [9.17, 15) is 5.11 Å². The van der Waals surface area contributed by atoms with Crippen molar-refractivity contribution in [1.29, 1.82) is 0 Å². The predicted octanol–water partition coefficient (Wildman–Crippen LogP) is 3.02. The number of hydrogen-bond acceptors (Lipinski definition) is 5. The first-order valence-corrected chi connectivity index (χ1v) is 9.61. The van der Waals surface area contributed by atoms with Crippen LogP contribution >= 0.6 is 15.9 Å². The van der Waals surface area contributed by atoms with Crippen molar-refractivity contribution in [2.45, 2.75) is 6.10 Å². The van der Waals surface area contributed by atoms with E-state index in [0.717, 1.165) is 42.2 Å². The van der Waals surface area contributed by atoms with Crippen molar-refractivity contribution < 1.29 is 14.6 Å². The average Bonchev–Trinajstić information content (AvgIpc) is 2.68. The summed E-state index contributed by atoms with van der Waals surface area (Å²) in [6, 6.07) is 15.8. The van der Waals surface area contributed by atoms with E-state index in [0.29, 0.717) is 13.2 Å². The molecule has 1 fully saturated rings. The largest absolute Gasteiger partial charge is 0.497 e. The molecule has 2 aromatic rings. The SMILES string of the molecule is COc1ccc(N2CCN(C[C@@H](O)COc3ccc(Br)cc3)CC2)cc1. The standard InChI is InChI=1S/C20H25BrN2O3/c1-25-19-8-4-17(5-9-19)23-12-10-22(11-13-23)14-18(24)15-26-20-6-2-16(21)3-7-20/h2-9,18,24H,10-15H2,1H3/t18-/m1/s1. The highest BCUT2D eigenvalue weighted by Gasteiger charge is 2.19. The van der Waals surface area contributed by atoms with Crippen molar-refractivity contribution in [1.82, 2.24) is 4.90 Å². The molecule has 0 spiro atoms. The van der Waals surface area contributed by atoms with Crippen LogP contribution in [0.3, 0.4) is 0 Å². The van der Waals surface area contributed by atoms with Crippen LogP contribution in [-0.2, 0) is 0 Å². The van der Waals surface area contributed by atoms with Crippen molar-refractivity contribution in [3.8, 4) is 11.5 Å². The molecule has 0 radical (unpaired) electrons. The molecule has 1 aliphatic heterocycles. The fourth-order valence-corrected chi connectivity index (χ4v) is 3.32. The molecule has 3 rings (SSSR count). The number of β-amino-alcohol motifs (C(OH)–C–C–N with tert-alkyl or cyclic N) is 1. The summed E-state index contributed by atoms with van der Waals surface area (Å²) in [6.45, 7) is 4.70. The number of halogens is 1. The number of aliphatic hydroxyl groups is 1. The van der Waals surface area contributed by atoms with Crippen molar-refractivity contribution in [2.75, 3.05) is 51.3 Å². The molecule has 1 saturated heterocycles. The molecule has 2 aromatic carbocycles. The normalized spacial score (nSPS) is 16.3. The van der Waals surface area contributed by atoms with Crippen LogP contribution in [0.15, 0.2) is 53.0 Å². The van der Waals surface area contributed by atoms with Crippen molar-refractivity contribution >= 4 is 21.6 Å². The van der Waals surface area contributed by atoms with Gasteiger partial charge in [0.25, 0.3) is 0 Å². The zero-order valence-corrected chi connectivity index (χ0v) is 16.6. The summed E-state index contributed by atoms with van der Waals surface area (Å²) in [5.41, 5.74) is 1.21. The lowest BCUT2D eigenvalue weighted by molar-refractivity contribution is 0.0663. The highest BCUT2D eigenvalue weighted by Crippen LogP contribution is 2.21. The number of rotatable bonds is 7. The molecule has 0 aliphatic carbocycles. The van der Waals surface area contributed by atoms with Crippen LogP contribution in [0.4, 0.5) is 5.69 Å². The Bertz CT molecular complexity index is 670. The Morgan fingerprint density at radius 1 is 0.962 bits per heavy atom. The average molecular weight is 421 g/mol. The molecule has 6 heteroatoms. The molecule has 1 N–H and O–H groups in total. The second-order valence-electron chi connectivity index (χ2n) is 6.40. The summed E-state index contributed by atoms with van der Waals surface area (Å²) < 4.78 is 11.9. The number of nitrogens with zero attached hydrogens (tertiary/aromatic N) is 2. The minimum Gasteiger partial charge on any atom is -0.497 e. The first kappa shape index (κ1) is 19.0. The van der Waals surface area contributed by atoms with E-state index >= 15 is 0 Å². The molecule has 140 valence electrons. The van der Waals surface area contributed by atoms with E-state index < -0.39 is 6.10 Å². The minimum absolute atomic E-state index is 0.306. The van der Waals surface area contributed by atoms with Gasteiger partial charge in [-0.25, -0.2) is 0 Å². The van der Waals surface area contributed by atoms with Crippen LogP contribution < -0.4 is 14.4 Å². The van der Waals surface area contributed by atoms with E-state index in [1.807, 2.05) is 36.4 Å². The maximum absolute atomic E-state index is 10.3. The van der Waals surface area contributed by atoms with Crippen LogP contribution in [0, 0.1) is 0 Å². The Hall–Kier alpha value is -1.76. The summed E-state index contributed by atoms with van der Waals surface area (Å²) in [5.74, 6) is 1.65. The van der Waals surface area contributed by atoms with Gasteiger partial charge in [-0.2, -0.15) is 0 Å². The maximum Gasteiger partial charge on any atom is 0.119 e. The van der Waals surface area contributed by atoms with Crippen LogP contribution in [0.2, 0.25) is 0 Å². The number of benzene rings is 2.